The fourth-order valence-corrected chi connectivity index (χ4v) is 3.27. The van der Waals surface area contributed by atoms with Gasteiger partial charge in [0.1, 0.15) is 6.04 Å². The number of hydrogen-bond acceptors (Lipinski definition) is 3. The molecule has 3 rings (SSSR count). The highest BCUT2D eigenvalue weighted by atomic mass is 16.2. The molecule has 1 saturated carbocycles. The fourth-order valence-electron chi connectivity index (χ4n) is 3.27. The number of rotatable bonds is 2. The Balaban J connectivity index is 1.64. The minimum Gasteiger partial charge on any atom is -0.338 e. The number of nitrogens with one attached hydrogen (secondary N) is 1. The van der Waals surface area contributed by atoms with Gasteiger partial charge in [0.2, 0.25) is 11.8 Å². The predicted octanol–water partition coefficient (Wildman–Crippen LogP) is 0.209. The Morgan fingerprint density at radius 2 is 1.63 bits per heavy atom. The van der Waals surface area contributed by atoms with Gasteiger partial charge in [0.25, 0.3) is 0 Å². The van der Waals surface area contributed by atoms with Crippen molar-refractivity contribution in [2.45, 2.75) is 38.1 Å². The van der Waals surface area contributed by atoms with Crippen molar-refractivity contribution in [1.82, 2.24) is 15.1 Å². The van der Waals surface area contributed by atoms with Crippen LogP contribution in [0.5, 0.6) is 0 Å². The SMILES string of the molecule is O=C(C1CCCN1C(=O)C1CCC1)N1CCNCC1. The molecule has 1 atom stereocenters. The minimum atomic E-state index is -0.175. The predicted molar refractivity (Wildman–Crippen MR) is 71.5 cm³/mol. The van der Waals surface area contributed by atoms with Crippen molar-refractivity contribution in [3.63, 3.8) is 0 Å². The Hall–Kier alpha value is -1.10. The molecule has 1 aliphatic carbocycles. The minimum absolute atomic E-state index is 0.173. The Morgan fingerprint density at radius 1 is 0.895 bits per heavy atom. The maximum atomic E-state index is 12.5. The van der Waals surface area contributed by atoms with E-state index >= 15 is 0 Å². The molecule has 1 unspecified atom stereocenters. The molecule has 0 aromatic heterocycles. The summed E-state index contributed by atoms with van der Waals surface area (Å²) in [4.78, 5) is 28.7. The van der Waals surface area contributed by atoms with Crippen LogP contribution in [0, 0.1) is 5.92 Å². The molecular formula is C14H23N3O2. The molecule has 3 aliphatic rings. The molecule has 5 nitrogen and oxygen atoms in total. The highest BCUT2D eigenvalue weighted by Crippen LogP contribution is 2.31. The first-order valence-corrected chi connectivity index (χ1v) is 7.57. The van der Waals surface area contributed by atoms with Crippen molar-refractivity contribution in [1.29, 1.82) is 0 Å². The smallest absolute Gasteiger partial charge is 0.245 e. The van der Waals surface area contributed by atoms with E-state index in [4.69, 9.17) is 0 Å². The van der Waals surface area contributed by atoms with Crippen LogP contribution >= 0.6 is 0 Å². The second kappa shape index (κ2) is 5.49. The highest BCUT2D eigenvalue weighted by molar-refractivity contribution is 5.89. The van der Waals surface area contributed by atoms with Crippen molar-refractivity contribution in [2.24, 2.45) is 5.92 Å². The molecule has 3 fully saturated rings. The largest absolute Gasteiger partial charge is 0.338 e. The summed E-state index contributed by atoms with van der Waals surface area (Å²) >= 11 is 0. The lowest BCUT2D eigenvalue weighted by atomic mass is 9.84. The van der Waals surface area contributed by atoms with E-state index < -0.39 is 0 Å². The maximum Gasteiger partial charge on any atom is 0.245 e. The lowest BCUT2D eigenvalue weighted by Crippen LogP contribution is -2.54. The first-order chi connectivity index (χ1) is 9.27. The molecule has 0 aromatic carbocycles. The molecular weight excluding hydrogens is 242 g/mol. The molecule has 0 aromatic rings. The van der Waals surface area contributed by atoms with Crippen LogP contribution in [0.3, 0.4) is 0 Å². The molecule has 2 aliphatic heterocycles. The van der Waals surface area contributed by atoms with Crippen LogP contribution in [0.1, 0.15) is 32.1 Å². The van der Waals surface area contributed by atoms with Gasteiger partial charge in [0, 0.05) is 38.6 Å². The van der Waals surface area contributed by atoms with Crippen molar-refractivity contribution >= 4 is 11.8 Å². The van der Waals surface area contributed by atoms with Gasteiger partial charge in [-0.3, -0.25) is 9.59 Å². The van der Waals surface area contributed by atoms with Gasteiger partial charge in [-0.15, -0.1) is 0 Å². The first-order valence-electron chi connectivity index (χ1n) is 7.57. The zero-order valence-corrected chi connectivity index (χ0v) is 11.4. The Kier molecular flexibility index (Phi) is 3.73. The molecule has 0 spiro atoms. The van der Waals surface area contributed by atoms with Gasteiger partial charge in [-0.1, -0.05) is 6.42 Å². The third kappa shape index (κ3) is 2.48. The average molecular weight is 265 g/mol. The first kappa shape index (κ1) is 12.9. The van der Waals surface area contributed by atoms with E-state index in [1.54, 1.807) is 0 Å². The van der Waals surface area contributed by atoms with Crippen molar-refractivity contribution in [2.75, 3.05) is 32.7 Å². The lowest BCUT2D eigenvalue weighted by Gasteiger charge is -2.35. The molecule has 106 valence electrons. The van der Waals surface area contributed by atoms with Gasteiger partial charge >= 0.3 is 0 Å². The number of likely N-dealkylation sites (tertiary alicyclic amines) is 1. The summed E-state index contributed by atoms with van der Waals surface area (Å²) in [5.74, 6) is 0.611. The van der Waals surface area contributed by atoms with E-state index in [2.05, 4.69) is 5.32 Å². The Labute approximate surface area is 114 Å². The van der Waals surface area contributed by atoms with Crippen LogP contribution in [0.15, 0.2) is 0 Å². The summed E-state index contributed by atoms with van der Waals surface area (Å²) in [5, 5.41) is 3.26. The van der Waals surface area contributed by atoms with E-state index in [1.165, 1.54) is 6.42 Å². The van der Waals surface area contributed by atoms with Crippen LogP contribution in [0.2, 0.25) is 0 Å². The molecule has 2 saturated heterocycles. The van der Waals surface area contributed by atoms with Crippen molar-refractivity contribution in [3.05, 3.63) is 0 Å². The fraction of sp³-hybridized carbons (Fsp3) is 0.857. The van der Waals surface area contributed by atoms with Gasteiger partial charge < -0.3 is 15.1 Å². The van der Waals surface area contributed by atoms with E-state index in [-0.39, 0.29) is 23.8 Å². The number of amides is 2. The standard InChI is InChI=1S/C14H23N3O2/c18-13(11-3-1-4-11)17-8-2-5-12(17)14(19)16-9-6-15-7-10-16/h11-12,15H,1-10H2. The van der Waals surface area contributed by atoms with Gasteiger partial charge in [0.15, 0.2) is 0 Å². The van der Waals surface area contributed by atoms with E-state index in [1.807, 2.05) is 9.80 Å². The average Bonchev–Trinajstić information content (AvgIpc) is 2.86. The Morgan fingerprint density at radius 3 is 2.26 bits per heavy atom. The molecule has 2 amide bonds. The number of carbonyl (C=O) groups excluding carboxylic acids is 2. The molecule has 19 heavy (non-hydrogen) atoms. The molecule has 5 heteroatoms. The normalized spacial score (nSPS) is 28.3. The summed E-state index contributed by atoms with van der Waals surface area (Å²) in [6.07, 6.45) is 5.02. The van der Waals surface area contributed by atoms with Crippen LogP contribution in [-0.4, -0.2) is 60.4 Å². The van der Waals surface area contributed by atoms with Crippen LogP contribution in [0.4, 0.5) is 0 Å². The summed E-state index contributed by atoms with van der Waals surface area (Å²) in [6.45, 7) is 4.07. The molecule has 1 N–H and O–H groups in total. The molecule has 2 heterocycles. The van der Waals surface area contributed by atoms with Gasteiger partial charge in [-0.25, -0.2) is 0 Å². The third-order valence-corrected chi connectivity index (χ3v) is 4.70. The highest BCUT2D eigenvalue weighted by Gasteiger charge is 2.40. The van der Waals surface area contributed by atoms with E-state index in [0.29, 0.717) is 0 Å². The number of nitrogens with zero attached hydrogens (tertiary/aromatic N) is 2. The second-order valence-corrected chi connectivity index (χ2v) is 5.89. The monoisotopic (exact) mass is 265 g/mol. The van der Waals surface area contributed by atoms with Gasteiger partial charge in [-0.2, -0.15) is 0 Å². The maximum absolute atomic E-state index is 12.5. The number of carbonyl (C=O) groups is 2. The third-order valence-electron chi connectivity index (χ3n) is 4.70. The van der Waals surface area contributed by atoms with E-state index in [0.717, 1.165) is 58.4 Å². The zero-order chi connectivity index (χ0) is 13.2. The van der Waals surface area contributed by atoms with Crippen LogP contribution in [-0.2, 0) is 9.59 Å². The van der Waals surface area contributed by atoms with E-state index in [9.17, 15) is 9.59 Å². The summed E-state index contributed by atoms with van der Waals surface area (Å²) < 4.78 is 0. The van der Waals surface area contributed by atoms with Gasteiger partial charge in [-0.05, 0) is 25.7 Å². The van der Waals surface area contributed by atoms with Crippen molar-refractivity contribution < 1.29 is 9.59 Å². The van der Waals surface area contributed by atoms with Gasteiger partial charge in [0.05, 0.1) is 0 Å². The summed E-state index contributed by atoms with van der Waals surface area (Å²) in [6, 6.07) is -0.175. The van der Waals surface area contributed by atoms with Crippen molar-refractivity contribution in [3.8, 4) is 0 Å². The Bertz CT molecular complexity index is 362. The quantitative estimate of drug-likeness (QED) is 0.776. The summed E-state index contributed by atoms with van der Waals surface area (Å²) in [7, 11) is 0. The van der Waals surface area contributed by atoms with Crippen LogP contribution in [0.25, 0.3) is 0 Å². The topological polar surface area (TPSA) is 52.7 Å². The second-order valence-electron chi connectivity index (χ2n) is 5.89. The van der Waals surface area contributed by atoms with Crippen LogP contribution < -0.4 is 5.32 Å². The lowest BCUT2D eigenvalue weighted by molar-refractivity contribution is -0.147. The molecule has 0 bridgehead atoms. The number of piperazine rings is 1. The molecule has 0 radical (unpaired) electrons. The number of hydrogen-bond donors (Lipinski definition) is 1. The summed E-state index contributed by atoms with van der Waals surface area (Å²) in [5.41, 5.74) is 0. The zero-order valence-electron chi connectivity index (χ0n) is 11.4.